The molecule has 1 atom stereocenters. The molecule has 1 saturated heterocycles. The van der Waals surface area contributed by atoms with Crippen LogP contribution in [-0.2, 0) is 10.9 Å². The lowest BCUT2D eigenvalue weighted by atomic mass is 10.1. The van der Waals surface area contributed by atoms with E-state index >= 15 is 0 Å². The van der Waals surface area contributed by atoms with Gasteiger partial charge in [0.05, 0.1) is 23.8 Å². The first kappa shape index (κ1) is 15.3. The van der Waals surface area contributed by atoms with Crippen molar-refractivity contribution < 1.29 is 22.7 Å². The second-order valence-electron chi connectivity index (χ2n) is 4.62. The van der Waals surface area contributed by atoms with Gasteiger partial charge in [0, 0.05) is 17.6 Å². The fourth-order valence-corrected chi connectivity index (χ4v) is 2.45. The van der Waals surface area contributed by atoms with Crippen LogP contribution >= 0.6 is 15.9 Å². The van der Waals surface area contributed by atoms with Crippen LogP contribution in [0.5, 0.6) is 0 Å². The Morgan fingerprint density at radius 1 is 1.45 bits per heavy atom. The van der Waals surface area contributed by atoms with Crippen LogP contribution in [0.4, 0.5) is 13.2 Å². The monoisotopic (exact) mass is 351 g/mol. The highest BCUT2D eigenvalue weighted by molar-refractivity contribution is 9.10. The molecule has 1 heterocycles. The van der Waals surface area contributed by atoms with Crippen LogP contribution < -0.4 is 0 Å². The summed E-state index contributed by atoms with van der Waals surface area (Å²) in [7, 11) is 0. The van der Waals surface area contributed by atoms with Gasteiger partial charge in [-0.25, -0.2) is 0 Å². The number of morpholine rings is 1. The molecular weight excluding hydrogens is 339 g/mol. The van der Waals surface area contributed by atoms with E-state index in [1.165, 1.54) is 11.0 Å². The van der Waals surface area contributed by atoms with E-state index in [-0.39, 0.29) is 11.7 Å². The average molecular weight is 352 g/mol. The molecule has 0 N–H and O–H groups in total. The van der Waals surface area contributed by atoms with Crippen molar-refractivity contribution >= 4 is 21.8 Å². The van der Waals surface area contributed by atoms with Crippen LogP contribution in [-0.4, -0.2) is 36.6 Å². The number of benzene rings is 1. The topological polar surface area (TPSA) is 29.5 Å². The highest BCUT2D eigenvalue weighted by Gasteiger charge is 2.32. The van der Waals surface area contributed by atoms with Crippen molar-refractivity contribution in [3.63, 3.8) is 0 Å². The molecule has 1 aliphatic rings. The van der Waals surface area contributed by atoms with Gasteiger partial charge < -0.3 is 9.64 Å². The summed E-state index contributed by atoms with van der Waals surface area (Å²) in [4.78, 5) is 13.8. The van der Waals surface area contributed by atoms with Gasteiger partial charge in [0.1, 0.15) is 0 Å². The van der Waals surface area contributed by atoms with E-state index in [9.17, 15) is 18.0 Å². The fraction of sp³-hybridized carbons (Fsp3) is 0.462. The molecule has 0 aromatic heterocycles. The lowest BCUT2D eigenvalue weighted by Gasteiger charge is -2.31. The van der Waals surface area contributed by atoms with Crippen molar-refractivity contribution in [2.45, 2.75) is 19.2 Å². The van der Waals surface area contributed by atoms with E-state index in [0.29, 0.717) is 24.2 Å². The molecular formula is C13H13BrF3NO2. The van der Waals surface area contributed by atoms with Gasteiger partial charge in [0.25, 0.3) is 5.91 Å². The molecule has 110 valence electrons. The summed E-state index contributed by atoms with van der Waals surface area (Å²) in [5, 5.41) is 0. The molecule has 0 bridgehead atoms. The van der Waals surface area contributed by atoms with Crippen LogP contribution in [0.15, 0.2) is 22.7 Å². The van der Waals surface area contributed by atoms with Gasteiger partial charge in [0.2, 0.25) is 0 Å². The first-order chi connectivity index (χ1) is 9.29. The number of carbonyl (C=O) groups excluding carboxylic acids is 1. The predicted molar refractivity (Wildman–Crippen MR) is 70.5 cm³/mol. The van der Waals surface area contributed by atoms with Gasteiger partial charge in [0.15, 0.2) is 0 Å². The highest BCUT2D eigenvalue weighted by atomic mass is 79.9. The normalized spacial score (nSPS) is 20.1. The number of nitrogens with zero attached hydrogens (tertiary/aromatic N) is 1. The summed E-state index contributed by atoms with van der Waals surface area (Å²) < 4.78 is 43.8. The number of rotatable bonds is 1. The summed E-state index contributed by atoms with van der Waals surface area (Å²) >= 11 is 3.13. The average Bonchev–Trinajstić information content (AvgIpc) is 2.37. The third kappa shape index (κ3) is 3.32. The second kappa shape index (κ2) is 5.73. The molecule has 7 heteroatoms. The van der Waals surface area contributed by atoms with Crippen molar-refractivity contribution in [1.29, 1.82) is 0 Å². The second-order valence-corrected chi connectivity index (χ2v) is 5.48. The third-order valence-electron chi connectivity index (χ3n) is 3.05. The molecule has 1 aromatic rings. The Morgan fingerprint density at radius 2 is 2.15 bits per heavy atom. The number of alkyl halides is 3. The van der Waals surface area contributed by atoms with E-state index in [4.69, 9.17) is 4.74 Å². The number of carbonyl (C=O) groups is 1. The molecule has 3 nitrogen and oxygen atoms in total. The maximum absolute atomic E-state index is 12.7. The van der Waals surface area contributed by atoms with Crippen molar-refractivity contribution in [2.24, 2.45) is 0 Å². The van der Waals surface area contributed by atoms with Crippen LogP contribution in [0.1, 0.15) is 22.8 Å². The number of hydrogen-bond acceptors (Lipinski definition) is 2. The molecule has 1 aromatic carbocycles. The molecule has 1 amide bonds. The molecule has 0 saturated carbocycles. The van der Waals surface area contributed by atoms with Gasteiger partial charge in [-0.1, -0.05) is 0 Å². The molecule has 1 aliphatic heterocycles. The Labute approximate surface area is 122 Å². The molecule has 1 fully saturated rings. The standard InChI is InChI=1S/C13H13BrF3NO2/c1-8-7-18(4-5-20-8)12(19)10-6-9(13(15,16)17)2-3-11(10)14/h2-3,6,8H,4-5,7H2,1H3. The predicted octanol–water partition coefficient (Wildman–Crippen LogP) is 3.33. The molecule has 1 unspecified atom stereocenters. The Balaban J connectivity index is 2.29. The van der Waals surface area contributed by atoms with Crippen LogP contribution in [0.25, 0.3) is 0 Å². The first-order valence-corrected chi connectivity index (χ1v) is 6.86. The molecule has 0 aliphatic carbocycles. The summed E-state index contributed by atoms with van der Waals surface area (Å²) in [5.74, 6) is -0.418. The number of halogens is 4. The smallest absolute Gasteiger partial charge is 0.375 e. The Hall–Kier alpha value is -1.08. The zero-order valence-electron chi connectivity index (χ0n) is 10.7. The Morgan fingerprint density at radius 3 is 2.75 bits per heavy atom. The minimum atomic E-state index is -4.46. The van der Waals surface area contributed by atoms with Crippen molar-refractivity contribution in [3.05, 3.63) is 33.8 Å². The lowest BCUT2D eigenvalue weighted by Crippen LogP contribution is -2.44. The fourth-order valence-electron chi connectivity index (χ4n) is 2.04. The SMILES string of the molecule is CC1CN(C(=O)c2cc(C(F)(F)F)ccc2Br)CCO1. The van der Waals surface area contributed by atoms with Gasteiger partial charge in [-0.15, -0.1) is 0 Å². The van der Waals surface area contributed by atoms with Crippen LogP contribution in [0, 0.1) is 0 Å². The van der Waals surface area contributed by atoms with E-state index < -0.39 is 17.6 Å². The van der Waals surface area contributed by atoms with E-state index in [2.05, 4.69) is 15.9 Å². The zero-order chi connectivity index (χ0) is 14.9. The minimum absolute atomic E-state index is 0.0222. The maximum Gasteiger partial charge on any atom is 0.416 e. The summed E-state index contributed by atoms with van der Waals surface area (Å²) in [5.41, 5.74) is -0.806. The van der Waals surface area contributed by atoms with Crippen molar-refractivity contribution in [3.8, 4) is 0 Å². The molecule has 0 spiro atoms. The lowest BCUT2D eigenvalue weighted by molar-refractivity contribution is -0.137. The van der Waals surface area contributed by atoms with Gasteiger partial charge in [-0.05, 0) is 41.1 Å². The molecule has 0 radical (unpaired) electrons. The third-order valence-corrected chi connectivity index (χ3v) is 3.74. The first-order valence-electron chi connectivity index (χ1n) is 6.06. The van der Waals surface area contributed by atoms with Crippen LogP contribution in [0.3, 0.4) is 0 Å². The summed E-state index contributed by atoms with van der Waals surface area (Å²) in [6.45, 7) is 2.97. The quantitative estimate of drug-likeness (QED) is 0.776. The number of hydrogen-bond donors (Lipinski definition) is 0. The number of ether oxygens (including phenoxy) is 1. The van der Waals surface area contributed by atoms with E-state index in [0.717, 1.165) is 12.1 Å². The largest absolute Gasteiger partial charge is 0.416 e. The molecule has 2 rings (SSSR count). The van der Waals surface area contributed by atoms with Crippen molar-refractivity contribution in [2.75, 3.05) is 19.7 Å². The molecule has 20 heavy (non-hydrogen) atoms. The Bertz CT molecular complexity index is 519. The highest BCUT2D eigenvalue weighted by Crippen LogP contribution is 2.32. The minimum Gasteiger partial charge on any atom is -0.375 e. The van der Waals surface area contributed by atoms with Gasteiger partial charge in [-0.2, -0.15) is 13.2 Å². The number of amides is 1. The van der Waals surface area contributed by atoms with Crippen molar-refractivity contribution in [1.82, 2.24) is 4.90 Å². The maximum atomic E-state index is 12.7. The van der Waals surface area contributed by atoms with E-state index in [1.807, 2.05) is 6.92 Å². The van der Waals surface area contributed by atoms with Gasteiger partial charge in [-0.3, -0.25) is 4.79 Å². The van der Waals surface area contributed by atoms with Gasteiger partial charge >= 0.3 is 6.18 Å². The summed E-state index contributed by atoms with van der Waals surface area (Å²) in [6, 6.07) is 3.08. The zero-order valence-corrected chi connectivity index (χ0v) is 12.3. The van der Waals surface area contributed by atoms with Crippen LogP contribution in [0.2, 0.25) is 0 Å². The summed E-state index contributed by atoms with van der Waals surface area (Å²) in [6.07, 6.45) is -4.58. The Kier molecular flexibility index (Phi) is 4.39. The van der Waals surface area contributed by atoms with E-state index in [1.54, 1.807) is 0 Å².